The van der Waals surface area contributed by atoms with E-state index in [2.05, 4.69) is 16.8 Å². The van der Waals surface area contributed by atoms with Gasteiger partial charge in [0.2, 0.25) is 0 Å². The molecule has 2 atom stereocenters. The molecular formula is C24H33N3O5S. The van der Waals surface area contributed by atoms with Crippen molar-refractivity contribution in [1.29, 1.82) is 0 Å². The van der Waals surface area contributed by atoms with Crippen molar-refractivity contribution in [1.82, 2.24) is 14.9 Å². The van der Waals surface area contributed by atoms with Gasteiger partial charge in [-0.25, -0.2) is 4.98 Å². The SMILES string of the molecule is COCCCN(Cc1nc2sc3c(c2c(=O)[nH]1)CC[C@H](C)C3)C[C@@H](O)COCc1ccco1. The molecule has 3 aromatic heterocycles. The summed E-state index contributed by atoms with van der Waals surface area (Å²) in [5.74, 6) is 2.00. The number of hydrogen-bond donors (Lipinski definition) is 2. The summed E-state index contributed by atoms with van der Waals surface area (Å²) in [4.78, 5) is 24.9. The molecule has 0 amide bonds. The molecular weight excluding hydrogens is 442 g/mol. The maximum absolute atomic E-state index is 12.9. The van der Waals surface area contributed by atoms with Gasteiger partial charge in [0, 0.05) is 31.7 Å². The van der Waals surface area contributed by atoms with Crippen LogP contribution in [0.5, 0.6) is 0 Å². The van der Waals surface area contributed by atoms with Gasteiger partial charge < -0.3 is 24.0 Å². The first-order valence-electron chi connectivity index (χ1n) is 11.6. The van der Waals surface area contributed by atoms with E-state index < -0.39 is 6.10 Å². The number of fused-ring (bicyclic) bond motifs is 3. The Balaban J connectivity index is 1.43. The summed E-state index contributed by atoms with van der Waals surface area (Å²) in [7, 11) is 1.67. The summed E-state index contributed by atoms with van der Waals surface area (Å²) in [5.41, 5.74) is 1.13. The number of aromatic nitrogens is 2. The highest BCUT2D eigenvalue weighted by molar-refractivity contribution is 7.18. The average molecular weight is 476 g/mol. The fourth-order valence-corrected chi connectivity index (χ4v) is 5.79. The summed E-state index contributed by atoms with van der Waals surface area (Å²) in [5, 5.41) is 11.3. The highest BCUT2D eigenvalue weighted by Crippen LogP contribution is 2.35. The smallest absolute Gasteiger partial charge is 0.259 e. The number of nitrogens with one attached hydrogen (secondary N) is 1. The van der Waals surface area contributed by atoms with Crippen molar-refractivity contribution in [2.75, 3.05) is 33.4 Å². The van der Waals surface area contributed by atoms with E-state index in [1.54, 1.807) is 24.7 Å². The standard InChI is InChI=1S/C24H33N3O5S/c1-16-6-7-19-20(11-16)33-24-22(19)23(29)25-21(26-24)13-27(8-4-9-30-2)12-17(28)14-31-15-18-5-3-10-32-18/h3,5,10,16-17,28H,4,6-9,11-15H2,1-2H3,(H,25,26,29)/t16-,17+/m0/s1. The van der Waals surface area contributed by atoms with Crippen LogP contribution in [-0.4, -0.2) is 59.5 Å². The Morgan fingerprint density at radius 1 is 1.45 bits per heavy atom. The van der Waals surface area contributed by atoms with Crippen molar-refractivity contribution in [2.45, 2.75) is 51.9 Å². The van der Waals surface area contributed by atoms with Crippen LogP contribution in [0.1, 0.15) is 41.8 Å². The van der Waals surface area contributed by atoms with E-state index in [4.69, 9.17) is 18.9 Å². The van der Waals surface area contributed by atoms with Gasteiger partial charge in [-0.1, -0.05) is 6.92 Å². The first-order valence-corrected chi connectivity index (χ1v) is 12.4. The normalized spacial score (nSPS) is 17.0. The Bertz CT molecular complexity index is 1080. The Labute approximate surface area is 197 Å². The molecule has 0 radical (unpaired) electrons. The van der Waals surface area contributed by atoms with Crippen LogP contribution in [0.3, 0.4) is 0 Å². The molecule has 0 spiro atoms. The topological polar surface area (TPSA) is 101 Å². The molecule has 0 bridgehead atoms. The highest BCUT2D eigenvalue weighted by Gasteiger charge is 2.23. The Morgan fingerprint density at radius 2 is 2.33 bits per heavy atom. The van der Waals surface area contributed by atoms with Crippen molar-refractivity contribution in [3.05, 3.63) is 50.8 Å². The quantitative estimate of drug-likeness (QED) is 0.388. The lowest BCUT2D eigenvalue weighted by Gasteiger charge is -2.24. The fraction of sp³-hybridized carbons (Fsp3) is 0.583. The minimum absolute atomic E-state index is 0.0544. The number of thiophene rings is 1. The number of aromatic amines is 1. The van der Waals surface area contributed by atoms with E-state index in [1.165, 1.54) is 10.4 Å². The van der Waals surface area contributed by atoms with Crippen LogP contribution in [0.4, 0.5) is 0 Å². The molecule has 9 heteroatoms. The molecule has 0 aliphatic heterocycles. The largest absolute Gasteiger partial charge is 0.467 e. The molecule has 3 heterocycles. The summed E-state index contributed by atoms with van der Waals surface area (Å²) in [6, 6.07) is 3.65. The van der Waals surface area contributed by atoms with E-state index in [1.807, 2.05) is 12.1 Å². The summed E-state index contributed by atoms with van der Waals surface area (Å²) in [6.07, 6.45) is 4.84. The summed E-state index contributed by atoms with van der Waals surface area (Å²) >= 11 is 1.66. The molecule has 0 fully saturated rings. The monoisotopic (exact) mass is 475 g/mol. The minimum Gasteiger partial charge on any atom is -0.467 e. The van der Waals surface area contributed by atoms with Crippen molar-refractivity contribution in [3.63, 3.8) is 0 Å². The number of aliphatic hydroxyl groups excluding tert-OH is 1. The van der Waals surface area contributed by atoms with E-state index in [-0.39, 0.29) is 12.2 Å². The molecule has 1 aliphatic rings. The van der Waals surface area contributed by atoms with Gasteiger partial charge in [-0.05, 0) is 49.3 Å². The van der Waals surface area contributed by atoms with Gasteiger partial charge in [-0.15, -0.1) is 11.3 Å². The Kier molecular flexibility index (Phi) is 8.32. The predicted molar refractivity (Wildman–Crippen MR) is 128 cm³/mol. The third-order valence-electron chi connectivity index (χ3n) is 6.01. The number of nitrogens with zero attached hydrogens (tertiary/aromatic N) is 2. The van der Waals surface area contributed by atoms with E-state index in [0.717, 1.165) is 41.7 Å². The molecule has 33 heavy (non-hydrogen) atoms. The van der Waals surface area contributed by atoms with Gasteiger partial charge >= 0.3 is 0 Å². The molecule has 1 aliphatic carbocycles. The number of aliphatic hydroxyl groups is 1. The molecule has 8 nitrogen and oxygen atoms in total. The minimum atomic E-state index is -0.673. The maximum Gasteiger partial charge on any atom is 0.259 e. The maximum atomic E-state index is 12.9. The van der Waals surface area contributed by atoms with Gasteiger partial charge in [0.1, 0.15) is 23.0 Å². The van der Waals surface area contributed by atoms with Crippen LogP contribution in [0.2, 0.25) is 0 Å². The molecule has 0 aromatic carbocycles. The lowest BCUT2D eigenvalue weighted by Crippen LogP contribution is -2.36. The third-order valence-corrected chi connectivity index (χ3v) is 7.16. The van der Waals surface area contributed by atoms with Crippen molar-refractivity contribution in [2.24, 2.45) is 5.92 Å². The van der Waals surface area contributed by atoms with Crippen molar-refractivity contribution in [3.8, 4) is 0 Å². The number of hydrogen-bond acceptors (Lipinski definition) is 8. The van der Waals surface area contributed by atoms with E-state index >= 15 is 0 Å². The highest BCUT2D eigenvalue weighted by atomic mass is 32.1. The van der Waals surface area contributed by atoms with Crippen molar-refractivity contribution >= 4 is 21.6 Å². The van der Waals surface area contributed by atoms with Gasteiger partial charge in [-0.2, -0.15) is 0 Å². The summed E-state index contributed by atoms with van der Waals surface area (Å²) in [6.45, 7) is 4.97. The number of H-pyrrole nitrogens is 1. The van der Waals surface area contributed by atoms with Crippen molar-refractivity contribution < 1.29 is 19.0 Å². The van der Waals surface area contributed by atoms with Gasteiger partial charge in [-0.3, -0.25) is 9.69 Å². The molecule has 0 saturated heterocycles. The average Bonchev–Trinajstić information content (AvgIpc) is 3.41. The van der Waals surface area contributed by atoms with Gasteiger partial charge in [0.05, 0.1) is 30.9 Å². The molecule has 180 valence electrons. The number of ether oxygens (including phenoxy) is 2. The number of rotatable bonds is 12. The molecule has 3 aromatic rings. The second-order valence-corrected chi connectivity index (χ2v) is 9.96. The van der Waals surface area contributed by atoms with Crippen LogP contribution in [0.25, 0.3) is 10.2 Å². The second-order valence-electron chi connectivity index (χ2n) is 8.87. The zero-order valence-corrected chi connectivity index (χ0v) is 20.2. The van der Waals surface area contributed by atoms with Gasteiger partial charge in [0.25, 0.3) is 5.56 Å². The van der Waals surface area contributed by atoms with E-state index in [9.17, 15) is 9.90 Å². The zero-order chi connectivity index (χ0) is 23.2. The molecule has 2 N–H and O–H groups in total. The second kappa shape index (κ2) is 11.4. The number of furan rings is 1. The van der Waals surface area contributed by atoms with E-state index in [0.29, 0.717) is 44.6 Å². The number of aryl methyl sites for hydroxylation is 1. The number of methoxy groups -OCH3 is 1. The zero-order valence-electron chi connectivity index (χ0n) is 19.3. The lowest BCUT2D eigenvalue weighted by molar-refractivity contribution is 0.00246. The summed E-state index contributed by atoms with van der Waals surface area (Å²) < 4.78 is 16.0. The Hall–Kier alpha value is -2.04. The lowest BCUT2D eigenvalue weighted by atomic mass is 9.89. The fourth-order valence-electron chi connectivity index (χ4n) is 4.39. The van der Waals surface area contributed by atoms with Crippen LogP contribution < -0.4 is 5.56 Å². The van der Waals surface area contributed by atoms with Crippen LogP contribution in [-0.2, 0) is 35.5 Å². The van der Waals surface area contributed by atoms with Crippen LogP contribution in [0, 0.1) is 5.92 Å². The first-order chi connectivity index (χ1) is 16.0. The molecule has 0 unspecified atom stereocenters. The third kappa shape index (κ3) is 6.30. The Morgan fingerprint density at radius 3 is 3.12 bits per heavy atom. The van der Waals surface area contributed by atoms with Gasteiger partial charge in [0.15, 0.2) is 0 Å². The molecule has 4 rings (SSSR count). The first kappa shape index (κ1) is 24.1. The molecule has 0 saturated carbocycles. The van der Waals surface area contributed by atoms with Crippen LogP contribution in [0.15, 0.2) is 27.6 Å². The van der Waals surface area contributed by atoms with Crippen LogP contribution >= 0.6 is 11.3 Å². The predicted octanol–water partition coefficient (Wildman–Crippen LogP) is 3.12.